The predicted octanol–water partition coefficient (Wildman–Crippen LogP) is 4.05. The third-order valence-electron chi connectivity index (χ3n) is 2.78. The molecule has 0 aliphatic heterocycles. The van der Waals surface area contributed by atoms with Crippen molar-refractivity contribution in [1.82, 2.24) is 5.32 Å². The van der Waals surface area contributed by atoms with Gasteiger partial charge in [-0.15, -0.1) is 0 Å². The van der Waals surface area contributed by atoms with Crippen molar-refractivity contribution in [3.63, 3.8) is 0 Å². The van der Waals surface area contributed by atoms with Gasteiger partial charge in [0.15, 0.2) is 0 Å². The van der Waals surface area contributed by atoms with Crippen LogP contribution in [0.3, 0.4) is 0 Å². The van der Waals surface area contributed by atoms with Crippen molar-refractivity contribution in [1.29, 1.82) is 0 Å². The monoisotopic (exact) mass is 256 g/mol. The standard InChI is InChI=1S/C14H22F2N2/c1-10(2)9-13(17-11(3)4)18-12-5-7-14(15,16)8-6-12/h9,12H,3,5-8H2,1-2,4H3,(H,17,18). The molecular weight excluding hydrogens is 234 g/mol. The smallest absolute Gasteiger partial charge is 0.248 e. The lowest BCUT2D eigenvalue weighted by molar-refractivity contribution is -0.0373. The Labute approximate surface area is 108 Å². The molecule has 2 nitrogen and oxygen atoms in total. The van der Waals surface area contributed by atoms with Crippen molar-refractivity contribution < 1.29 is 8.78 Å². The van der Waals surface area contributed by atoms with Crippen LogP contribution in [0.2, 0.25) is 0 Å². The van der Waals surface area contributed by atoms with Gasteiger partial charge >= 0.3 is 0 Å². The summed E-state index contributed by atoms with van der Waals surface area (Å²) >= 11 is 0. The molecule has 0 amide bonds. The second-order valence-electron chi connectivity index (χ2n) is 5.23. The number of amidine groups is 1. The molecule has 0 radical (unpaired) electrons. The molecule has 1 aliphatic rings. The molecule has 0 aromatic heterocycles. The van der Waals surface area contributed by atoms with E-state index >= 15 is 0 Å². The topological polar surface area (TPSA) is 24.4 Å². The number of alkyl halides is 2. The highest BCUT2D eigenvalue weighted by atomic mass is 19.3. The number of aliphatic imine (C=N–C) groups is 1. The zero-order valence-corrected chi connectivity index (χ0v) is 11.4. The first kappa shape index (κ1) is 14.9. The molecule has 18 heavy (non-hydrogen) atoms. The number of allylic oxidation sites excluding steroid dienone is 2. The number of hydrogen-bond acceptors (Lipinski definition) is 1. The Balaban J connectivity index is 2.71. The maximum absolute atomic E-state index is 13.0. The third-order valence-corrected chi connectivity index (χ3v) is 2.78. The number of nitrogens with zero attached hydrogens (tertiary/aromatic N) is 1. The highest BCUT2D eigenvalue weighted by Crippen LogP contribution is 2.34. The maximum Gasteiger partial charge on any atom is 0.248 e. The molecule has 0 aromatic carbocycles. The third kappa shape index (κ3) is 5.43. The summed E-state index contributed by atoms with van der Waals surface area (Å²) in [5, 5.41) is 3.07. The molecule has 1 aliphatic carbocycles. The Hall–Kier alpha value is -1.19. The fourth-order valence-corrected chi connectivity index (χ4v) is 1.95. The van der Waals surface area contributed by atoms with Gasteiger partial charge in [-0.05, 0) is 39.7 Å². The number of hydrogen-bond donors (Lipinski definition) is 1. The minimum absolute atomic E-state index is 0.0120. The largest absolute Gasteiger partial charge is 0.345 e. The van der Waals surface area contributed by atoms with E-state index in [1.807, 2.05) is 26.8 Å². The summed E-state index contributed by atoms with van der Waals surface area (Å²) < 4.78 is 26.1. The van der Waals surface area contributed by atoms with E-state index in [1.54, 1.807) is 0 Å². The molecule has 1 saturated carbocycles. The van der Waals surface area contributed by atoms with E-state index < -0.39 is 5.92 Å². The second-order valence-corrected chi connectivity index (χ2v) is 5.23. The number of nitrogens with one attached hydrogen (secondary N) is 1. The van der Waals surface area contributed by atoms with Crippen molar-refractivity contribution in [3.8, 4) is 0 Å². The van der Waals surface area contributed by atoms with Crippen LogP contribution in [0.25, 0.3) is 0 Å². The molecule has 1 rings (SSSR count). The molecule has 0 atom stereocenters. The van der Waals surface area contributed by atoms with Crippen molar-refractivity contribution in [3.05, 3.63) is 23.9 Å². The molecule has 0 unspecified atom stereocenters. The highest BCUT2D eigenvalue weighted by Gasteiger charge is 2.34. The van der Waals surface area contributed by atoms with Crippen molar-refractivity contribution >= 4 is 5.84 Å². The van der Waals surface area contributed by atoms with Gasteiger partial charge in [-0.25, -0.2) is 8.78 Å². The first-order valence-corrected chi connectivity index (χ1v) is 6.31. The summed E-state index contributed by atoms with van der Waals surface area (Å²) in [6.45, 7) is 9.58. The van der Waals surface area contributed by atoms with Gasteiger partial charge in [0.2, 0.25) is 5.92 Å². The summed E-state index contributed by atoms with van der Waals surface area (Å²) in [7, 11) is 0. The molecule has 1 N–H and O–H groups in total. The average Bonchev–Trinajstić information content (AvgIpc) is 2.19. The van der Waals surface area contributed by atoms with Gasteiger partial charge in [0.05, 0.1) is 6.04 Å². The van der Waals surface area contributed by atoms with Gasteiger partial charge in [-0.3, -0.25) is 4.99 Å². The number of rotatable bonds is 3. The summed E-state index contributed by atoms with van der Waals surface area (Å²) in [5.41, 5.74) is 1.91. The van der Waals surface area contributed by atoms with E-state index in [1.165, 1.54) is 0 Å². The van der Waals surface area contributed by atoms with Crippen LogP contribution >= 0.6 is 0 Å². The summed E-state index contributed by atoms with van der Waals surface area (Å²) in [6, 6.07) is -0.0120. The lowest BCUT2D eigenvalue weighted by Crippen LogP contribution is -2.29. The zero-order chi connectivity index (χ0) is 13.8. The fraction of sp³-hybridized carbons (Fsp3) is 0.643. The van der Waals surface area contributed by atoms with Gasteiger partial charge in [0, 0.05) is 18.5 Å². The quantitative estimate of drug-likeness (QED) is 0.598. The Bertz CT molecular complexity index is 356. The van der Waals surface area contributed by atoms with Gasteiger partial charge in [-0.1, -0.05) is 12.2 Å². The van der Waals surface area contributed by atoms with Gasteiger partial charge < -0.3 is 5.32 Å². The maximum atomic E-state index is 13.0. The van der Waals surface area contributed by atoms with Crippen LogP contribution in [0.15, 0.2) is 28.9 Å². The van der Waals surface area contributed by atoms with E-state index in [-0.39, 0.29) is 18.9 Å². The highest BCUT2D eigenvalue weighted by molar-refractivity contribution is 5.94. The average molecular weight is 256 g/mol. The Morgan fingerprint density at radius 3 is 2.28 bits per heavy atom. The van der Waals surface area contributed by atoms with Crippen LogP contribution in [0.5, 0.6) is 0 Å². The van der Waals surface area contributed by atoms with Crippen LogP contribution in [0.4, 0.5) is 8.78 Å². The van der Waals surface area contributed by atoms with Crippen LogP contribution in [0.1, 0.15) is 46.5 Å². The van der Waals surface area contributed by atoms with Gasteiger partial charge in [0.25, 0.3) is 0 Å². The molecule has 1 fully saturated rings. The van der Waals surface area contributed by atoms with Crippen LogP contribution < -0.4 is 5.32 Å². The van der Waals surface area contributed by atoms with Gasteiger partial charge in [0.1, 0.15) is 5.84 Å². The Kier molecular flexibility index (Phi) is 5.05. The molecule has 0 spiro atoms. The van der Waals surface area contributed by atoms with Crippen LogP contribution in [-0.2, 0) is 0 Å². The minimum Gasteiger partial charge on any atom is -0.345 e. The fourth-order valence-electron chi connectivity index (χ4n) is 1.95. The Morgan fingerprint density at radius 2 is 1.83 bits per heavy atom. The predicted molar refractivity (Wildman–Crippen MR) is 72.0 cm³/mol. The van der Waals surface area contributed by atoms with E-state index in [9.17, 15) is 8.78 Å². The first-order chi connectivity index (χ1) is 8.28. The molecule has 0 bridgehead atoms. The van der Waals surface area contributed by atoms with E-state index in [0.717, 1.165) is 17.1 Å². The minimum atomic E-state index is -2.50. The molecule has 0 saturated heterocycles. The van der Waals surface area contributed by atoms with E-state index in [4.69, 9.17) is 0 Å². The SMILES string of the molecule is C=C(C)NC(C=C(C)C)=NC1CCC(F)(F)CC1. The van der Waals surface area contributed by atoms with Crippen molar-refractivity contribution in [2.24, 2.45) is 4.99 Å². The summed E-state index contributed by atoms with van der Waals surface area (Å²) in [4.78, 5) is 4.52. The summed E-state index contributed by atoms with van der Waals surface area (Å²) in [5.74, 6) is -1.78. The van der Waals surface area contributed by atoms with Crippen molar-refractivity contribution in [2.75, 3.05) is 0 Å². The lowest BCUT2D eigenvalue weighted by Gasteiger charge is -2.26. The van der Waals surface area contributed by atoms with E-state index in [0.29, 0.717) is 12.8 Å². The van der Waals surface area contributed by atoms with Gasteiger partial charge in [-0.2, -0.15) is 0 Å². The second kappa shape index (κ2) is 6.12. The molecule has 0 heterocycles. The Morgan fingerprint density at radius 1 is 1.28 bits per heavy atom. The molecular formula is C14H22F2N2. The lowest BCUT2D eigenvalue weighted by atomic mass is 9.93. The van der Waals surface area contributed by atoms with Crippen LogP contribution in [-0.4, -0.2) is 17.8 Å². The van der Waals surface area contributed by atoms with Crippen LogP contribution in [0, 0.1) is 0 Å². The summed E-state index contributed by atoms with van der Waals surface area (Å²) in [6.07, 6.45) is 2.70. The zero-order valence-electron chi connectivity index (χ0n) is 11.4. The first-order valence-electron chi connectivity index (χ1n) is 6.31. The molecule has 102 valence electrons. The van der Waals surface area contributed by atoms with E-state index in [2.05, 4.69) is 16.9 Å². The normalized spacial score (nSPS) is 20.4. The number of halogens is 2. The van der Waals surface area contributed by atoms with Crippen molar-refractivity contribution in [2.45, 2.75) is 58.4 Å². The molecule has 4 heteroatoms. The molecule has 0 aromatic rings.